The second-order valence-corrected chi connectivity index (χ2v) is 5.95. The lowest BCUT2D eigenvalue weighted by Gasteiger charge is -2.12. The van der Waals surface area contributed by atoms with E-state index in [1.165, 1.54) is 0 Å². The lowest BCUT2D eigenvalue weighted by Crippen LogP contribution is -2.44. The molecule has 0 unspecified atom stereocenters. The minimum Gasteiger partial charge on any atom is -0.483 e. The van der Waals surface area contributed by atoms with E-state index in [1.54, 1.807) is 23.9 Å². The molecule has 0 spiro atoms. The minimum absolute atomic E-state index is 0.227. The van der Waals surface area contributed by atoms with Gasteiger partial charge in [-0.2, -0.15) is 5.10 Å². The maximum atomic E-state index is 12.0. The van der Waals surface area contributed by atoms with Gasteiger partial charge < -0.3 is 4.74 Å². The van der Waals surface area contributed by atoms with Crippen LogP contribution in [0.25, 0.3) is 11.1 Å². The Morgan fingerprint density at radius 1 is 1.04 bits per heavy atom. The normalized spacial score (nSPS) is 10.3. The number of benzene rings is 2. The van der Waals surface area contributed by atoms with Gasteiger partial charge in [0.25, 0.3) is 11.8 Å². The van der Waals surface area contributed by atoms with Gasteiger partial charge in [0.05, 0.1) is 0 Å². The van der Waals surface area contributed by atoms with Crippen molar-refractivity contribution in [3.05, 3.63) is 72.1 Å². The molecule has 0 saturated heterocycles. The summed E-state index contributed by atoms with van der Waals surface area (Å²) in [5, 5.41) is 4.05. The van der Waals surface area contributed by atoms with Crippen molar-refractivity contribution in [2.75, 3.05) is 6.61 Å². The summed E-state index contributed by atoms with van der Waals surface area (Å²) in [5.41, 5.74) is 7.60. The van der Waals surface area contributed by atoms with Gasteiger partial charge in [-0.1, -0.05) is 48.5 Å². The molecule has 138 valence electrons. The smallest absolute Gasteiger partial charge is 0.290 e. The van der Waals surface area contributed by atoms with Crippen molar-refractivity contribution < 1.29 is 14.3 Å². The highest BCUT2D eigenvalue weighted by Gasteiger charge is 2.13. The van der Waals surface area contributed by atoms with Crippen LogP contribution in [-0.2, 0) is 11.8 Å². The molecule has 0 atom stereocenters. The molecule has 27 heavy (non-hydrogen) atoms. The van der Waals surface area contributed by atoms with E-state index in [2.05, 4.69) is 16.0 Å². The molecule has 3 rings (SSSR count). The third kappa shape index (κ3) is 4.52. The monoisotopic (exact) mass is 364 g/mol. The first-order valence-electron chi connectivity index (χ1n) is 8.41. The molecule has 0 aliphatic heterocycles. The molecule has 0 aliphatic rings. The molecular weight excluding hydrogens is 344 g/mol. The highest BCUT2D eigenvalue weighted by molar-refractivity contribution is 5.93. The van der Waals surface area contributed by atoms with Crippen LogP contribution in [0.5, 0.6) is 5.75 Å². The predicted molar refractivity (Wildman–Crippen MR) is 101 cm³/mol. The number of amides is 2. The van der Waals surface area contributed by atoms with Crippen LogP contribution in [0, 0.1) is 6.92 Å². The second-order valence-electron chi connectivity index (χ2n) is 5.95. The van der Waals surface area contributed by atoms with Gasteiger partial charge in [0.1, 0.15) is 5.75 Å². The van der Waals surface area contributed by atoms with Crippen LogP contribution in [0.4, 0.5) is 0 Å². The fourth-order valence-corrected chi connectivity index (χ4v) is 2.49. The maximum Gasteiger partial charge on any atom is 0.290 e. The Balaban J connectivity index is 1.56. The number of aromatic nitrogens is 2. The first-order valence-corrected chi connectivity index (χ1v) is 8.41. The van der Waals surface area contributed by atoms with E-state index in [-0.39, 0.29) is 12.3 Å². The number of rotatable bonds is 5. The summed E-state index contributed by atoms with van der Waals surface area (Å²) >= 11 is 0. The van der Waals surface area contributed by atoms with Gasteiger partial charge in [-0.05, 0) is 24.6 Å². The zero-order valence-corrected chi connectivity index (χ0v) is 15.1. The zero-order chi connectivity index (χ0) is 19.2. The molecule has 0 bridgehead atoms. The van der Waals surface area contributed by atoms with Crippen molar-refractivity contribution in [3.8, 4) is 16.9 Å². The van der Waals surface area contributed by atoms with E-state index in [0.717, 1.165) is 16.8 Å². The molecular formula is C20H20N4O3. The first-order chi connectivity index (χ1) is 13.0. The highest BCUT2D eigenvalue weighted by Crippen LogP contribution is 2.29. The predicted octanol–water partition coefficient (Wildman–Crippen LogP) is 2.24. The Kier molecular flexibility index (Phi) is 5.51. The lowest BCUT2D eigenvalue weighted by atomic mass is 10.1. The van der Waals surface area contributed by atoms with Gasteiger partial charge in [-0.15, -0.1) is 0 Å². The van der Waals surface area contributed by atoms with Gasteiger partial charge in [-0.25, -0.2) is 0 Å². The maximum absolute atomic E-state index is 12.0. The summed E-state index contributed by atoms with van der Waals surface area (Å²) in [6.07, 6.45) is 0. The van der Waals surface area contributed by atoms with Crippen molar-refractivity contribution >= 4 is 11.8 Å². The summed E-state index contributed by atoms with van der Waals surface area (Å²) in [6, 6.07) is 18.9. The number of para-hydroxylation sites is 1. The van der Waals surface area contributed by atoms with E-state index in [4.69, 9.17) is 4.74 Å². The number of ether oxygens (including phenoxy) is 1. The zero-order valence-electron chi connectivity index (χ0n) is 15.1. The molecule has 0 saturated carbocycles. The molecule has 7 nitrogen and oxygen atoms in total. The van der Waals surface area contributed by atoms with Crippen LogP contribution in [0.3, 0.4) is 0 Å². The first kappa shape index (κ1) is 18.2. The number of carbonyl (C=O) groups is 2. The van der Waals surface area contributed by atoms with Gasteiger partial charge >= 0.3 is 0 Å². The average molecular weight is 364 g/mol. The Morgan fingerprint density at radius 3 is 2.44 bits per heavy atom. The molecule has 2 N–H and O–H groups in total. The summed E-state index contributed by atoms with van der Waals surface area (Å²) in [7, 11) is 1.74. The number of nitrogens with zero attached hydrogens (tertiary/aromatic N) is 2. The summed E-state index contributed by atoms with van der Waals surface area (Å²) in [5.74, 6) is -0.374. The van der Waals surface area contributed by atoms with Crippen LogP contribution < -0.4 is 15.6 Å². The molecule has 7 heteroatoms. The second kappa shape index (κ2) is 8.18. The molecule has 1 heterocycles. The average Bonchev–Trinajstić information content (AvgIpc) is 3.04. The molecule has 2 aromatic carbocycles. The van der Waals surface area contributed by atoms with E-state index in [1.807, 2.05) is 55.5 Å². The highest BCUT2D eigenvalue weighted by atomic mass is 16.5. The van der Waals surface area contributed by atoms with Gasteiger partial charge in [0, 0.05) is 18.3 Å². The molecule has 0 aliphatic carbocycles. The molecule has 0 fully saturated rings. The standard InChI is InChI=1S/C20H20N4O3/c1-14-12-17(23-24(14)2)20(26)22-21-19(25)13-27-18-11-7-6-10-16(18)15-8-4-3-5-9-15/h3-12H,13H2,1-2H3,(H,21,25)(H,22,26). The SMILES string of the molecule is Cc1cc(C(=O)NNC(=O)COc2ccccc2-c2ccccc2)nn1C. The Morgan fingerprint density at radius 2 is 1.74 bits per heavy atom. The topological polar surface area (TPSA) is 85.2 Å². The van der Waals surface area contributed by atoms with Crippen LogP contribution in [-0.4, -0.2) is 28.2 Å². The fraction of sp³-hybridized carbons (Fsp3) is 0.150. The Hall–Kier alpha value is -3.61. The number of hydrogen-bond donors (Lipinski definition) is 2. The van der Waals surface area contributed by atoms with Crippen molar-refractivity contribution in [1.82, 2.24) is 20.6 Å². The van der Waals surface area contributed by atoms with Crippen molar-refractivity contribution in [2.45, 2.75) is 6.92 Å². The van der Waals surface area contributed by atoms with Gasteiger partial charge in [0.15, 0.2) is 12.3 Å². The number of hydrogen-bond acceptors (Lipinski definition) is 4. The van der Waals surface area contributed by atoms with Gasteiger partial charge in [-0.3, -0.25) is 25.1 Å². The third-order valence-electron chi connectivity index (χ3n) is 3.99. The Labute approximate surface area is 156 Å². The summed E-state index contributed by atoms with van der Waals surface area (Å²) < 4.78 is 7.22. The molecule has 2 amide bonds. The van der Waals surface area contributed by atoms with E-state index >= 15 is 0 Å². The number of hydrazine groups is 1. The quantitative estimate of drug-likeness (QED) is 0.680. The van der Waals surface area contributed by atoms with Crippen LogP contribution in [0.2, 0.25) is 0 Å². The van der Waals surface area contributed by atoms with Crippen molar-refractivity contribution in [1.29, 1.82) is 0 Å². The number of nitrogens with one attached hydrogen (secondary N) is 2. The van der Waals surface area contributed by atoms with Crippen molar-refractivity contribution in [3.63, 3.8) is 0 Å². The lowest BCUT2D eigenvalue weighted by molar-refractivity contribution is -0.123. The van der Waals surface area contributed by atoms with Gasteiger partial charge in [0.2, 0.25) is 0 Å². The van der Waals surface area contributed by atoms with Crippen molar-refractivity contribution in [2.24, 2.45) is 7.05 Å². The number of aryl methyl sites for hydroxylation is 2. The van der Waals surface area contributed by atoms with E-state index in [0.29, 0.717) is 5.75 Å². The molecule has 1 aromatic heterocycles. The summed E-state index contributed by atoms with van der Waals surface area (Å²) in [4.78, 5) is 24.0. The molecule has 0 radical (unpaired) electrons. The summed E-state index contributed by atoms with van der Waals surface area (Å²) in [6.45, 7) is 1.60. The van der Waals surface area contributed by atoms with E-state index in [9.17, 15) is 9.59 Å². The largest absolute Gasteiger partial charge is 0.483 e. The van der Waals surface area contributed by atoms with Crippen LogP contribution in [0.1, 0.15) is 16.2 Å². The molecule has 3 aromatic rings. The fourth-order valence-electron chi connectivity index (χ4n) is 2.49. The number of carbonyl (C=O) groups excluding carboxylic acids is 2. The van der Waals surface area contributed by atoms with Crippen LogP contribution in [0.15, 0.2) is 60.7 Å². The minimum atomic E-state index is -0.489. The Bertz CT molecular complexity index is 931. The van der Waals surface area contributed by atoms with E-state index < -0.39 is 11.8 Å². The van der Waals surface area contributed by atoms with Crippen LogP contribution >= 0.6 is 0 Å². The third-order valence-corrected chi connectivity index (χ3v) is 3.99.